The van der Waals surface area contributed by atoms with E-state index in [0.717, 1.165) is 6.54 Å². The molecule has 2 fully saturated rings. The van der Waals surface area contributed by atoms with Crippen molar-refractivity contribution >= 4 is 8.53 Å². The summed E-state index contributed by atoms with van der Waals surface area (Å²) in [6.45, 7) is 7.48. The average Bonchev–Trinajstić information content (AvgIpc) is 2.96. The number of hydrogen-bond acceptors (Lipinski definition) is 3. The topological polar surface area (TPSA) is 21.7 Å². The molecule has 3 atom stereocenters. The lowest BCUT2D eigenvalue weighted by Crippen LogP contribution is -2.36. The Balaban J connectivity index is 1.90. The molecule has 2 aliphatic rings. The summed E-state index contributed by atoms with van der Waals surface area (Å²) in [6, 6.07) is 11.0. The maximum absolute atomic E-state index is 6.38. The van der Waals surface area contributed by atoms with Crippen molar-refractivity contribution in [1.29, 1.82) is 0 Å². The Morgan fingerprint density at radius 3 is 2.79 bits per heavy atom. The molecule has 0 aliphatic carbocycles. The van der Waals surface area contributed by atoms with Gasteiger partial charge in [0.05, 0.1) is 12.1 Å². The molecule has 0 spiro atoms. The van der Waals surface area contributed by atoms with Crippen molar-refractivity contribution in [3.63, 3.8) is 0 Å². The largest absolute Gasteiger partial charge is 0.319 e. The first-order valence-corrected chi connectivity index (χ1v) is 8.22. The second-order valence-corrected chi connectivity index (χ2v) is 7.16. The molecular weight excluding hydrogens is 257 g/mol. The van der Waals surface area contributed by atoms with E-state index in [1.807, 2.05) is 0 Å². The van der Waals surface area contributed by atoms with Crippen LogP contribution >= 0.6 is 8.53 Å². The van der Waals surface area contributed by atoms with E-state index in [4.69, 9.17) is 9.05 Å². The van der Waals surface area contributed by atoms with E-state index in [1.165, 1.54) is 18.4 Å². The number of hydrogen-bond donors (Lipinski definition) is 0. The van der Waals surface area contributed by atoms with Gasteiger partial charge >= 0.3 is 0 Å². The number of benzene rings is 1. The lowest BCUT2D eigenvalue weighted by molar-refractivity contribution is 0.0752. The van der Waals surface area contributed by atoms with Crippen molar-refractivity contribution in [1.82, 2.24) is 4.67 Å². The molecule has 1 aromatic rings. The molecule has 0 aromatic heterocycles. The van der Waals surface area contributed by atoms with Crippen molar-refractivity contribution in [2.45, 2.75) is 51.4 Å². The van der Waals surface area contributed by atoms with E-state index in [9.17, 15) is 0 Å². The zero-order valence-corrected chi connectivity index (χ0v) is 12.8. The Morgan fingerprint density at radius 1 is 1.37 bits per heavy atom. The van der Waals surface area contributed by atoms with Crippen LogP contribution in [-0.4, -0.2) is 23.4 Å². The van der Waals surface area contributed by atoms with Gasteiger partial charge in [-0.1, -0.05) is 30.3 Å². The maximum atomic E-state index is 6.38. The number of fused-ring (bicyclic) bond motifs is 1. The summed E-state index contributed by atoms with van der Waals surface area (Å²) >= 11 is 0. The summed E-state index contributed by atoms with van der Waals surface area (Å²) in [4.78, 5) is 0. The van der Waals surface area contributed by atoms with Gasteiger partial charge in [-0.15, -0.1) is 0 Å². The summed E-state index contributed by atoms with van der Waals surface area (Å²) < 4.78 is 14.8. The summed E-state index contributed by atoms with van der Waals surface area (Å²) in [7, 11) is -0.903. The molecule has 3 nitrogen and oxygen atoms in total. The molecule has 0 radical (unpaired) electrons. The van der Waals surface area contributed by atoms with Gasteiger partial charge in [0.15, 0.2) is 0 Å². The van der Waals surface area contributed by atoms with Gasteiger partial charge in [-0.2, -0.15) is 0 Å². The molecule has 0 amide bonds. The van der Waals surface area contributed by atoms with Crippen molar-refractivity contribution < 1.29 is 9.05 Å². The Bertz CT molecular complexity index is 439. The first-order chi connectivity index (χ1) is 9.11. The van der Waals surface area contributed by atoms with Crippen LogP contribution in [0.2, 0.25) is 0 Å². The zero-order valence-electron chi connectivity index (χ0n) is 11.9. The third-order valence-electron chi connectivity index (χ3n) is 3.99. The molecule has 4 heteroatoms. The fraction of sp³-hybridized carbons (Fsp3) is 0.600. The van der Waals surface area contributed by atoms with Gasteiger partial charge in [-0.25, -0.2) is 4.67 Å². The molecule has 0 saturated carbocycles. The molecule has 0 bridgehead atoms. The lowest BCUT2D eigenvalue weighted by atomic mass is 9.87. The minimum atomic E-state index is -0.903. The van der Waals surface area contributed by atoms with E-state index in [-0.39, 0.29) is 11.7 Å². The van der Waals surface area contributed by atoms with Crippen LogP contribution in [0.4, 0.5) is 0 Å². The fourth-order valence-corrected chi connectivity index (χ4v) is 5.11. The summed E-state index contributed by atoms with van der Waals surface area (Å²) in [6.07, 6.45) is 2.66. The van der Waals surface area contributed by atoms with Gasteiger partial charge in [0.2, 0.25) is 0 Å². The third-order valence-corrected chi connectivity index (χ3v) is 6.02. The maximum Gasteiger partial charge on any atom is 0.260 e. The molecular formula is C15H22NO2P. The number of nitrogens with zero attached hydrogens (tertiary/aromatic N) is 1. The van der Waals surface area contributed by atoms with Crippen LogP contribution in [0.15, 0.2) is 30.3 Å². The fourth-order valence-electron chi connectivity index (χ4n) is 3.06. The first-order valence-electron chi connectivity index (χ1n) is 7.09. The molecule has 0 N–H and O–H groups in total. The summed E-state index contributed by atoms with van der Waals surface area (Å²) in [5, 5.41) is 0. The van der Waals surface area contributed by atoms with Crippen LogP contribution in [0.5, 0.6) is 0 Å². The van der Waals surface area contributed by atoms with Gasteiger partial charge < -0.3 is 9.05 Å². The molecule has 2 aliphatic heterocycles. The van der Waals surface area contributed by atoms with Crippen molar-refractivity contribution in [3.05, 3.63) is 35.9 Å². The highest BCUT2D eigenvalue weighted by molar-refractivity contribution is 7.45. The van der Waals surface area contributed by atoms with E-state index < -0.39 is 8.53 Å². The van der Waals surface area contributed by atoms with E-state index in [1.54, 1.807) is 0 Å². The Labute approximate surface area is 116 Å². The molecule has 1 aromatic carbocycles. The first kappa shape index (κ1) is 13.5. The van der Waals surface area contributed by atoms with Gasteiger partial charge in [0.25, 0.3) is 8.53 Å². The van der Waals surface area contributed by atoms with Crippen LogP contribution in [0, 0.1) is 0 Å². The highest BCUT2D eigenvalue weighted by Gasteiger charge is 2.54. The predicted molar refractivity (Wildman–Crippen MR) is 77.7 cm³/mol. The Hall–Kier alpha value is -0.470. The third kappa shape index (κ3) is 2.34. The van der Waals surface area contributed by atoms with Crippen LogP contribution in [-0.2, 0) is 14.6 Å². The van der Waals surface area contributed by atoms with Crippen LogP contribution < -0.4 is 0 Å². The van der Waals surface area contributed by atoms with E-state index in [2.05, 4.69) is 55.8 Å². The zero-order chi connectivity index (χ0) is 13.5. The monoisotopic (exact) mass is 279 g/mol. The highest BCUT2D eigenvalue weighted by atomic mass is 31.2. The smallest absolute Gasteiger partial charge is 0.260 e. The molecule has 104 valence electrons. The van der Waals surface area contributed by atoms with Gasteiger partial charge in [-0.05, 0) is 39.2 Å². The standard InChI is InChI=1S/C15H22NO2P/c1-12(2)17-19-16-11-7-10-14(16)15(3,18-19)13-8-5-4-6-9-13/h4-6,8-9,12,14H,7,10-11H2,1-3H3/t14-,15+,19-/m0/s1. The summed E-state index contributed by atoms with van der Waals surface area (Å²) in [5.74, 6) is 0. The molecule has 3 rings (SSSR count). The van der Waals surface area contributed by atoms with Gasteiger partial charge in [0.1, 0.15) is 5.60 Å². The van der Waals surface area contributed by atoms with E-state index in [0.29, 0.717) is 6.04 Å². The molecule has 0 unspecified atom stereocenters. The molecule has 2 heterocycles. The molecule has 2 saturated heterocycles. The minimum absolute atomic E-state index is 0.213. The quantitative estimate of drug-likeness (QED) is 0.779. The second kappa shape index (κ2) is 5.14. The average molecular weight is 279 g/mol. The van der Waals surface area contributed by atoms with E-state index >= 15 is 0 Å². The lowest BCUT2D eigenvalue weighted by Gasteiger charge is -2.29. The van der Waals surface area contributed by atoms with Gasteiger partial charge in [0, 0.05) is 6.54 Å². The van der Waals surface area contributed by atoms with Crippen LogP contribution in [0.1, 0.15) is 39.2 Å². The van der Waals surface area contributed by atoms with Crippen LogP contribution in [0.25, 0.3) is 0 Å². The van der Waals surface area contributed by atoms with Crippen molar-refractivity contribution in [2.24, 2.45) is 0 Å². The SMILES string of the molecule is CC(C)O[P@@]1O[C@](C)(c2ccccc2)[C@@H]2CCCN21. The van der Waals surface area contributed by atoms with Crippen molar-refractivity contribution in [3.8, 4) is 0 Å². The Morgan fingerprint density at radius 2 is 2.11 bits per heavy atom. The van der Waals surface area contributed by atoms with Gasteiger partial charge in [-0.3, -0.25) is 0 Å². The second-order valence-electron chi connectivity index (χ2n) is 5.78. The summed E-state index contributed by atoms with van der Waals surface area (Å²) in [5.41, 5.74) is 1.04. The molecule has 19 heavy (non-hydrogen) atoms. The van der Waals surface area contributed by atoms with Crippen LogP contribution in [0.3, 0.4) is 0 Å². The normalized spacial score (nSPS) is 34.9. The predicted octanol–water partition coefficient (Wildman–Crippen LogP) is 4.05. The number of rotatable bonds is 3. The van der Waals surface area contributed by atoms with Crippen molar-refractivity contribution in [2.75, 3.05) is 6.54 Å². The highest BCUT2D eigenvalue weighted by Crippen LogP contribution is 2.63. The minimum Gasteiger partial charge on any atom is -0.319 e. The Kier molecular flexibility index (Phi) is 3.65.